The molecular weight excluding hydrogens is 290 g/mol. The number of hydrogen-bond acceptors (Lipinski definition) is 5. The predicted octanol–water partition coefficient (Wildman–Crippen LogP) is 2.01. The fraction of sp³-hybridized carbons (Fsp3) is 0.375. The number of rotatable bonds is 3. The summed E-state index contributed by atoms with van der Waals surface area (Å²) < 4.78 is 3.84. The Bertz CT molecular complexity index is 760. The molecule has 0 saturated carbocycles. The minimum Gasteiger partial charge on any atom is -0.337 e. The van der Waals surface area contributed by atoms with Gasteiger partial charge in [-0.05, 0) is 48.4 Å². The summed E-state index contributed by atoms with van der Waals surface area (Å²) in [6.07, 6.45) is 6.09. The van der Waals surface area contributed by atoms with Crippen molar-refractivity contribution in [1.29, 1.82) is 0 Å². The van der Waals surface area contributed by atoms with Crippen molar-refractivity contribution in [2.24, 2.45) is 0 Å². The molecule has 1 fully saturated rings. The van der Waals surface area contributed by atoms with Crippen LogP contribution in [0.1, 0.15) is 24.4 Å². The van der Waals surface area contributed by atoms with Crippen LogP contribution in [0.3, 0.4) is 0 Å². The molecule has 3 aromatic rings. The van der Waals surface area contributed by atoms with Crippen LogP contribution in [0.25, 0.3) is 5.69 Å². The van der Waals surface area contributed by atoms with Gasteiger partial charge in [-0.3, -0.25) is 4.68 Å². The van der Waals surface area contributed by atoms with Gasteiger partial charge in [0.25, 0.3) is 0 Å². The summed E-state index contributed by atoms with van der Waals surface area (Å²) in [5.74, 6) is 0.797. The van der Waals surface area contributed by atoms with E-state index < -0.39 is 0 Å². The third-order valence-corrected chi connectivity index (χ3v) is 4.31. The fourth-order valence-corrected chi connectivity index (χ4v) is 3.08. The van der Waals surface area contributed by atoms with Crippen LogP contribution in [0.15, 0.2) is 42.7 Å². The molecule has 0 amide bonds. The van der Waals surface area contributed by atoms with E-state index in [4.69, 9.17) is 0 Å². The Morgan fingerprint density at radius 1 is 1.17 bits per heavy atom. The summed E-state index contributed by atoms with van der Waals surface area (Å²) in [7, 11) is 0. The number of anilines is 1. The van der Waals surface area contributed by atoms with E-state index in [2.05, 4.69) is 44.6 Å². The maximum Gasteiger partial charge on any atom is 0.250 e. The molecule has 3 heterocycles. The first kappa shape index (κ1) is 13.9. The molecule has 0 radical (unpaired) electrons. The highest BCUT2D eigenvalue weighted by atomic mass is 15.6. The number of benzene rings is 1. The molecule has 1 aliphatic heterocycles. The fourth-order valence-electron chi connectivity index (χ4n) is 3.08. The van der Waals surface area contributed by atoms with Crippen molar-refractivity contribution in [1.82, 2.24) is 30.0 Å². The second-order valence-corrected chi connectivity index (χ2v) is 5.95. The highest BCUT2D eigenvalue weighted by Crippen LogP contribution is 2.25. The summed E-state index contributed by atoms with van der Waals surface area (Å²) in [4.78, 5) is 2.25. The van der Waals surface area contributed by atoms with Gasteiger partial charge < -0.3 is 4.90 Å². The summed E-state index contributed by atoms with van der Waals surface area (Å²) in [6.45, 7) is 3.90. The standard InChI is InChI=1S/C16H19N7/c1-13-5-7-14(8-6-13)23-16(18-19-20-23)21-10-2-4-15(12-21)22-11-3-9-17-22/h3,5-9,11,15H,2,4,10,12H2,1H3. The molecule has 1 atom stereocenters. The van der Waals surface area contributed by atoms with Gasteiger partial charge in [0.15, 0.2) is 0 Å². The largest absolute Gasteiger partial charge is 0.337 e. The zero-order valence-electron chi connectivity index (χ0n) is 13.1. The molecule has 0 spiro atoms. The van der Waals surface area contributed by atoms with E-state index in [1.807, 2.05) is 40.0 Å². The summed E-state index contributed by atoms with van der Waals surface area (Å²) in [5.41, 5.74) is 2.21. The quantitative estimate of drug-likeness (QED) is 0.740. The van der Waals surface area contributed by atoms with E-state index >= 15 is 0 Å². The minimum atomic E-state index is 0.363. The highest BCUT2D eigenvalue weighted by Gasteiger charge is 2.25. The topological polar surface area (TPSA) is 64.7 Å². The van der Waals surface area contributed by atoms with E-state index in [0.29, 0.717) is 6.04 Å². The van der Waals surface area contributed by atoms with E-state index in [0.717, 1.165) is 37.6 Å². The maximum absolute atomic E-state index is 4.38. The lowest BCUT2D eigenvalue weighted by atomic mass is 10.1. The molecule has 1 aliphatic rings. The van der Waals surface area contributed by atoms with Crippen molar-refractivity contribution in [3.05, 3.63) is 48.3 Å². The maximum atomic E-state index is 4.38. The zero-order valence-corrected chi connectivity index (χ0v) is 13.1. The van der Waals surface area contributed by atoms with E-state index in [-0.39, 0.29) is 0 Å². The molecule has 0 aliphatic carbocycles. The highest BCUT2D eigenvalue weighted by molar-refractivity contribution is 5.42. The Hall–Kier alpha value is -2.70. The summed E-state index contributed by atoms with van der Waals surface area (Å²) in [6, 6.07) is 10.6. The number of tetrazole rings is 1. The van der Waals surface area contributed by atoms with Crippen LogP contribution in [-0.2, 0) is 0 Å². The van der Waals surface area contributed by atoms with Crippen LogP contribution >= 0.6 is 0 Å². The second-order valence-electron chi connectivity index (χ2n) is 5.95. The predicted molar refractivity (Wildman–Crippen MR) is 86.6 cm³/mol. The molecule has 0 bridgehead atoms. The van der Waals surface area contributed by atoms with Crippen LogP contribution in [0.5, 0.6) is 0 Å². The molecule has 4 rings (SSSR count). The minimum absolute atomic E-state index is 0.363. The third kappa shape index (κ3) is 2.69. The zero-order chi connectivity index (χ0) is 15.6. The smallest absolute Gasteiger partial charge is 0.250 e. The van der Waals surface area contributed by atoms with Crippen LogP contribution in [-0.4, -0.2) is 43.1 Å². The van der Waals surface area contributed by atoms with E-state index in [9.17, 15) is 0 Å². The van der Waals surface area contributed by atoms with Gasteiger partial charge in [-0.15, -0.1) is 0 Å². The van der Waals surface area contributed by atoms with Crippen LogP contribution in [0.4, 0.5) is 5.95 Å². The first-order chi connectivity index (χ1) is 11.3. The lowest BCUT2D eigenvalue weighted by molar-refractivity contribution is 0.372. The van der Waals surface area contributed by atoms with Crippen LogP contribution in [0, 0.1) is 6.92 Å². The van der Waals surface area contributed by atoms with Crippen molar-refractivity contribution in [3.63, 3.8) is 0 Å². The SMILES string of the molecule is Cc1ccc(-n2nnnc2N2CCCC(n3cccn3)C2)cc1. The molecule has 1 unspecified atom stereocenters. The van der Waals surface area contributed by atoms with Gasteiger partial charge >= 0.3 is 0 Å². The molecule has 23 heavy (non-hydrogen) atoms. The molecule has 1 aromatic carbocycles. The lowest BCUT2D eigenvalue weighted by Crippen LogP contribution is -2.38. The van der Waals surface area contributed by atoms with Crippen molar-refractivity contribution in [2.45, 2.75) is 25.8 Å². The summed E-state index contributed by atoms with van der Waals surface area (Å²) in [5, 5.41) is 16.7. The second kappa shape index (κ2) is 5.83. The van der Waals surface area contributed by atoms with Gasteiger partial charge in [-0.25, -0.2) is 0 Å². The Balaban J connectivity index is 1.61. The monoisotopic (exact) mass is 309 g/mol. The first-order valence-electron chi connectivity index (χ1n) is 7.91. The molecule has 1 saturated heterocycles. The van der Waals surface area contributed by atoms with Crippen molar-refractivity contribution in [2.75, 3.05) is 18.0 Å². The van der Waals surface area contributed by atoms with E-state index in [1.54, 1.807) is 0 Å². The number of aryl methyl sites for hydroxylation is 1. The molecule has 0 N–H and O–H groups in total. The molecule has 7 nitrogen and oxygen atoms in total. The lowest BCUT2D eigenvalue weighted by Gasteiger charge is -2.32. The number of nitrogens with zero attached hydrogens (tertiary/aromatic N) is 7. The number of hydrogen-bond donors (Lipinski definition) is 0. The van der Waals surface area contributed by atoms with Crippen molar-refractivity contribution in [3.8, 4) is 5.69 Å². The van der Waals surface area contributed by atoms with Crippen molar-refractivity contribution < 1.29 is 0 Å². The van der Waals surface area contributed by atoms with Crippen molar-refractivity contribution >= 4 is 5.95 Å². The molecular formula is C16H19N7. The van der Waals surface area contributed by atoms with Gasteiger partial charge in [-0.1, -0.05) is 22.8 Å². The van der Waals surface area contributed by atoms with Gasteiger partial charge in [0.2, 0.25) is 5.95 Å². The molecule has 118 valence electrons. The average molecular weight is 309 g/mol. The van der Waals surface area contributed by atoms with Crippen LogP contribution < -0.4 is 4.90 Å². The molecule has 7 heteroatoms. The average Bonchev–Trinajstić information content (AvgIpc) is 3.27. The van der Waals surface area contributed by atoms with Gasteiger partial charge in [-0.2, -0.15) is 9.78 Å². The Labute approximate surface area is 134 Å². The Kier molecular flexibility index (Phi) is 3.53. The normalized spacial score (nSPS) is 18.3. The first-order valence-corrected chi connectivity index (χ1v) is 7.91. The van der Waals surface area contributed by atoms with Gasteiger partial charge in [0.1, 0.15) is 0 Å². The van der Waals surface area contributed by atoms with Gasteiger partial charge in [0, 0.05) is 25.5 Å². The molecule has 2 aromatic heterocycles. The number of piperidine rings is 1. The summed E-state index contributed by atoms with van der Waals surface area (Å²) >= 11 is 0. The third-order valence-electron chi connectivity index (χ3n) is 4.31. The Morgan fingerprint density at radius 3 is 2.83 bits per heavy atom. The van der Waals surface area contributed by atoms with E-state index in [1.165, 1.54) is 5.56 Å². The van der Waals surface area contributed by atoms with Gasteiger partial charge in [0.05, 0.1) is 11.7 Å². The van der Waals surface area contributed by atoms with Crippen LogP contribution in [0.2, 0.25) is 0 Å². The number of aromatic nitrogens is 6. The Morgan fingerprint density at radius 2 is 2.04 bits per heavy atom.